The van der Waals surface area contributed by atoms with Gasteiger partial charge in [-0.25, -0.2) is 21.5 Å². The van der Waals surface area contributed by atoms with Crippen LogP contribution in [0.15, 0.2) is 53.6 Å². The zero-order valence-electron chi connectivity index (χ0n) is 22.8. The molecule has 1 saturated heterocycles. The maximum atomic E-state index is 15.4. The molecule has 1 N–H and O–H groups in total. The molecule has 2 aromatic carbocycles. The second-order valence-electron chi connectivity index (χ2n) is 10.9. The smallest absolute Gasteiger partial charge is 0.270 e. The topological polar surface area (TPSA) is 87.7 Å². The Hall–Kier alpha value is -2.64. The van der Waals surface area contributed by atoms with Crippen LogP contribution >= 0.6 is 11.6 Å². The molecule has 0 unspecified atom stereocenters. The Bertz CT molecular complexity index is 1420. The summed E-state index contributed by atoms with van der Waals surface area (Å²) in [5.41, 5.74) is 1.43. The third kappa shape index (κ3) is 7.55. The Balaban J connectivity index is 1.55. The van der Waals surface area contributed by atoms with Crippen molar-refractivity contribution in [3.05, 3.63) is 76.4 Å². The first kappa shape index (κ1) is 30.3. The van der Waals surface area contributed by atoms with Gasteiger partial charge >= 0.3 is 0 Å². The van der Waals surface area contributed by atoms with Crippen molar-refractivity contribution in [2.75, 3.05) is 36.0 Å². The van der Waals surface area contributed by atoms with E-state index in [0.717, 1.165) is 47.6 Å². The molecule has 2 heterocycles. The first-order chi connectivity index (χ1) is 19.0. The summed E-state index contributed by atoms with van der Waals surface area (Å²) in [6, 6.07) is 10.8. The van der Waals surface area contributed by atoms with Crippen LogP contribution in [-0.2, 0) is 27.8 Å². The fourth-order valence-corrected chi connectivity index (χ4v) is 6.52. The molecule has 40 heavy (non-hydrogen) atoms. The number of ether oxygens (including phenoxy) is 1. The van der Waals surface area contributed by atoms with E-state index in [-0.39, 0.29) is 35.6 Å². The van der Waals surface area contributed by atoms with E-state index < -0.39 is 28.8 Å². The van der Waals surface area contributed by atoms with Gasteiger partial charge in [-0.2, -0.15) is 5.10 Å². The number of nitrogens with zero attached hydrogens (tertiary/aromatic N) is 4. The molecule has 1 aliphatic heterocycles. The lowest BCUT2D eigenvalue weighted by Gasteiger charge is -2.31. The van der Waals surface area contributed by atoms with Gasteiger partial charge < -0.3 is 10.1 Å². The standard InChI is InChI=1S/C27H34ClF2N5O3SSi/c1-40(2,3)14-13-38-19-35(27-9-5-10-32-33-27)39(36,37)26-15-22(28)25(16-24(26)30)31-17-21-20(7-4-8-23(21)29)18-34-11-6-12-34/h4-5,7-10,15-16,31H,6,11-14,17-19H2,1-3H3. The van der Waals surface area contributed by atoms with Crippen LogP contribution in [0, 0.1) is 11.6 Å². The average Bonchev–Trinajstić information content (AvgIpc) is 2.87. The van der Waals surface area contributed by atoms with Gasteiger partial charge in [0.1, 0.15) is 23.3 Å². The van der Waals surface area contributed by atoms with Crippen molar-refractivity contribution in [2.45, 2.75) is 50.1 Å². The Morgan fingerprint density at radius 1 is 1.12 bits per heavy atom. The van der Waals surface area contributed by atoms with E-state index in [1.165, 1.54) is 24.4 Å². The first-order valence-corrected chi connectivity index (χ1v) is 18.6. The summed E-state index contributed by atoms with van der Waals surface area (Å²) in [6.07, 6.45) is 2.52. The quantitative estimate of drug-likeness (QED) is 0.150. The number of anilines is 2. The summed E-state index contributed by atoms with van der Waals surface area (Å²) in [5.74, 6) is -1.41. The summed E-state index contributed by atoms with van der Waals surface area (Å²) in [7, 11) is -5.89. The summed E-state index contributed by atoms with van der Waals surface area (Å²) < 4.78 is 63.9. The number of hydrogen-bond donors (Lipinski definition) is 1. The van der Waals surface area contributed by atoms with Crippen molar-refractivity contribution in [3.63, 3.8) is 0 Å². The molecule has 0 aliphatic carbocycles. The van der Waals surface area contributed by atoms with E-state index >= 15 is 4.39 Å². The largest absolute Gasteiger partial charge is 0.380 e. The summed E-state index contributed by atoms with van der Waals surface area (Å²) in [6.45, 7) is 9.12. The lowest BCUT2D eigenvalue weighted by Crippen LogP contribution is -2.36. The van der Waals surface area contributed by atoms with Crippen molar-refractivity contribution < 1.29 is 21.9 Å². The SMILES string of the molecule is C[Si](C)(C)CCOCN(c1cccnn1)S(=O)(=O)c1cc(Cl)c(NCc2c(F)cccc2CN2CCC2)cc1F. The fourth-order valence-electron chi connectivity index (χ4n) is 4.11. The Kier molecular flexibility index (Phi) is 9.78. The van der Waals surface area contributed by atoms with Gasteiger partial charge in [0.05, 0.1) is 10.7 Å². The van der Waals surface area contributed by atoms with Gasteiger partial charge in [-0.15, -0.1) is 5.10 Å². The molecule has 3 aromatic rings. The maximum Gasteiger partial charge on any atom is 0.270 e. The van der Waals surface area contributed by atoms with Gasteiger partial charge in [-0.3, -0.25) is 4.90 Å². The van der Waals surface area contributed by atoms with Gasteiger partial charge in [-0.1, -0.05) is 43.4 Å². The van der Waals surface area contributed by atoms with Crippen molar-refractivity contribution in [3.8, 4) is 0 Å². The minimum absolute atomic E-state index is 0.0116. The Morgan fingerprint density at radius 3 is 2.55 bits per heavy atom. The zero-order chi connectivity index (χ0) is 28.9. The monoisotopic (exact) mass is 609 g/mol. The van der Waals surface area contributed by atoms with Crippen LogP contribution in [0.1, 0.15) is 17.5 Å². The van der Waals surface area contributed by atoms with E-state index in [4.69, 9.17) is 16.3 Å². The van der Waals surface area contributed by atoms with E-state index in [2.05, 4.69) is 40.1 Å². The highest BCUT2D eigenvalue weighted by Crippen LogP contribution is 2.32. The highest BCUT2D eigenvalue weighted by atomic mass is 35.5. The highest BCUT2D eigenvalue weighted by molar-refractivity contribution is 7.92. The molecule has 0 atom stereocenters. The molecular formula is C27H34ClF2N5O3SSi. The molecule has 4 rings (SSSR count). The van der Waals surface area contributed by atoms with Gasteiger partial charge in [0, 0.05) is 39.5 Å². The Labute approximate surface area is 240 Å². The minimum atomic E-state index is -4.47. The molecule has 1 aliphatic rings. The van der Waals surface area contributed by atoms with Crippen LogP contribution in [0.3, 0.4) is 0 Å². The van der Waals surface area contributed by atoms with Crippen LogP contribution in [0.4, 0.5) is 20.3 Å². The zero-order valence-corrected chi connectivity index (χ0v) is 25.4. The maximum absolute atomic E-state index is 15.4. The summed E-state index contributed by atoms with van der Waals surface area (Å²) >= 11 is 6.43. The predicted molar refractivity (Wildman–Crippen MR) is 156 cm³/mol. The Morgan fingerprint density at radius 2 is 1.90 bits per heavy atom. The van der Waals surface area contributed by atoms with Crippen LogP contribution < -0.4 is 9.62 Å². The fraction of sp³-hybridized carbons (Fsp3) is 0.407. The van der Waals surface area contributed by atoms with E-state index in [9.17, 15) is 12.8 Å². The van der Waals surface area contributed by atoms with Gasteiger partial charge in [-0.05, 0) is 61.4 Å². The molecule has 13 heteroatoms. The van der Waals surface area contributed by atoms with Crippen LogP contribution in [0.25, 0.3) is 0 Å². The third-order valence-corrected chi connectivity index (χ3v) is 10.4. The number of sulfonamides is 1. The number of benzene rings is 2. The van der Waals surface area contributed by atoms with Crippen molar-refractivity contribution in [1.82, 2.24) is 15.1 Å². The molecule has 216 valence electrons. The molecule has 8 nitrogen and oxygen atoms in total. The summed E-state index contributed by atoms with van der Waals surface area (Å²) in [4.78, 5) is 1.58. The second kappa shape index (κ2) is 12.9. The minimum Gasteiger partial charge on any atom is -0.380 e. The highest BCUT2D eigenvalue weighted by Gasteiger charge is 2.31. The predicted octanol–water partition coefficient (Wildman–Crippen LogP) is 5.73. The number of hydrogen-bond acceptors (Lipinski definition) is 7. The number of nitrogens with one attached hydrogen (secondary N) is 1. The normalized spacial score (nSPS) is 14.2. The van der Waals surface area contributed by atoms with Crippen molar-refractivity contribution in [2.24, 2.45) is 0 Å². The van der Waals surface area contributed by atoms with Gasteiger partial charge in [0.15, 0.2) is 5.82 Å². The van der Waals surface area contributed by atoms with Gasteiger partial charge in [0.2, 0.25) is 0 Å². The third-order valence-electron chi connectivity index (χ3n) is 6.62. The first-order valence-electron chi connectivity index (χ1n) is 13.1. The van der Waals surface area contributed by atoms with E-state index in [0.29, 0.717) is 18.7 Å². The average molecular weight is 610 g/mol. The molecule has 0 saturated carbocycles. The molecule has 0 amide bonds. The molecule has 1 fully saturated rings. The second-order valence-corrected chi connectivity index (χ2v) is 18.8. The van der Waals surface area contributed by atoms with Gasteiger partial charge in [0.25, 0.3) is 10.0 Å². The lowest BCUT2D eigenvalue weighted by atomic mass is 10.0. The van der Waals surface area contributed by atoms with Crippen molar-refractivity contribution in [1.29, 1.82) is 0 Å². The number of rotatable bonds is 13. The number of halogens is 3. The molecule has 0 radical (unpaired) electrons. The molecular weight excluding hydrogens is 576 g/mol. The summed E-state index contributed by atoms with van der Waals surface area (Å²) in [5, 5.41) is 10.6. The van der Waals surface area contributed by atoms with Crippen molar-refractivity contribution >= 4 is 41.2 Å². The van der Waals surface area contributed by atoms with E-state index in [1.807, 2.05) is 6.07 Å². The van der Waals surface area contributed by atoms with Crippen LogP contribution in [0.2, 0.25) is 30.7 Å². The number of aromatic nitrogens is 2. The molecule has 1 aromatic heterocycles. The number of likely N-dealkylation sites (tertiary alicyclic amines) is 1. The molecule has 0 spiro atoms. The van der Waals surface area contributed by atoms with Crippen LogP contribution in [-0.4, -0.2) is 58.0 Å². The molecule has 0 bridgehead atoms. The lowest BCUT2D eigenvalue weighted by molar-refractivity contribution is 0.156. The van der Waals surface area contributed by atoms with E-state index in [1.54, 1.807) is 6.07 Å². The van der Waals surface area contributed by atoms with Crippen LogP contribution in [0.5, 0.6) is 0 Å².